The van der Waals surface area contributed by atoms with Gasteiger partial charge >= 0.3 is 0 Å². The van der Waals surface area contributed by atoms with Gasteiger partial charge in [0, 0.05) is 23.8 Å². The molecule has 1 saturated heterocycles. The summed E-state index contributed by atoms with van der Waals surface area (Å²) in [5, 5.41) is 4.10. The number of hydrogen-bond donors (Lipinski definition) is 1. The van der Waals surface area contributed by atoms with Crippen LogP contribution in [0.15, 0.2) is 18.2 Å². The first-order valence-electron chi connectivity index (χ1n) is 7.38. The number of methoxy groups -OCH3 is 2. The predicted octanol–water partition coefficient (Wildman–Crippen LogP) is 3.66. The van der Waals surface area contributed by atoms with Gasteiger partial charge in [-0.15, -0.1) is 0 Å². The smallest absolute Gasteiger partial charge is 0.173 e. The van der Waals surface area contributed by atoms with Crippen LogP contribution in [0.5, 0.6) is 11.5 Å². The summed E-state index contributed by atoms with van der Waals surface area (Å²) in [7, 11) is 3.27. The molecular formula is C16H24N2O2S. The van der Waals surface area contributed by atoms with Gasteiger partial charge in [-0.1, -0.05) is 0 Å². The summed E-state index contributed by atoms with van der Waals surface area (Å²) in [6.45, 7) is 4.47. The molecule has 0 aromatic heterocycles. The number of nitrogens with zero attached hydrogens (tertiary/aromatic N) is 1. The monoisotopic (exact) mass is 308 g/mol. The quantitative estimate of drug-likeness (QED) is 0.862. The molecule has 2 rings (SSSR count). The topological polar surface area (TPSA) is 33.7 Å². The largest absolute Gasteiger partial charge is 0.493 e. The Bertz CT molecular complexity index is 497. The summed E-state index contributed by atoms with van der Waals surface area (Å²) < 4.78 is 10.6. The SMILES string of the molecule is COc1ccc(NC(=S)N2[C@H](C)CCC[C@@H]2C)cc1OC. The molecule has 1 heterocycles. The number of rotatable bonds is 3. The van der Waals surface area contributed by atoms with E-state index in [0.29, 0.717) is 23.6 Å². The molecule has 1 aromatic rings. The Kier molecular flexibility index (Phi) is 5.28. The van der Waals surface area contributed by atoms with Crippen LogP contribution in [0.2, 0.25) is 0 Å². The lowest BCUT2D eigenvalue weighted by molar-refractivity contribution is 0.194. The average Bonchev–Trinajstić information content (AvgIpc) is 2.46. The zero-order valence-corrected chi connectivity index (χ0v) is 14.0. The fourth-order valence-electron chi connectivity index (χ4n) is 2.92. The first-order valence-corrected chi connectivity index (χ1v) is 7.79. The number of hydrogen-bond acceptors (Lipinski definition) is 3. The molecule has 1 aliphatic rings. The van der Waals surface area contributed by atoms with Crippen molar-refractivity contribution >= 4 is 23.0 Å². The van der Waals surface area contributed by atoms with Crippen molar-refractivity contribution in [1.29, 1.82) is 0 Å². The van der Waals surface area contributed by atoms with Crippen molar-refractivity contribution < 1.29 is 9.47 Å². The number of anilines is 1. The van der Waals surface area contributed by atoms with E-state index in [1.165, 1.54) is 19.3 Å². The molecule has 0 unspecified atom stereocenters. The summed E-state index contributed by atoms with van der Waals surface area (Å²) in [5.74, 6) is 1.42. The number of benzene rings is 1. The second kappa shape index (κ2) is 6.98. The van der Waals surface area contributed by atoms with Gasteiger partial charge in [0.05, 0.1) is 14.2 Å². The summed E-state index contributed by atoms with van der Waals surface area (Å²) in [5.41, 5.74) is 0.919. The maximum absolute atomic E-state index is 5.59. The standard InChI is InChI=1S/C16H24N2O2S/c1-11-6-5-7-12(2)18(11)16(21)17-13-8-9-14(19-3)15(10-13)20-4/h8-12H,5-7H2,1-4H3,(H,17,21)/t11-,12+. The molecular weight excluding hydrogens is 284 g/mol. The summed E-state index contributed by atoms with van der Waals surface area (Å²) in [4.78, 5) is 2.30. The highest BCUT2D eigenvalue weighted by atomic mass is 32.1. The van der Waals surface area contributed by atoms with E-state index in [1.807, 2.05) is 18.2 Å². The maximum Gasteiger partial charge on any atom is 0.173 e. The lowest BCUT2D eigenvalue weighted by atomic mass is 9.98. The van der Waals surface area contributed by atoms with Gasteiger partial charge in [0.2, 0.25) is 0 Å². The minimum Gasteiger partial charge on any atom is -0.493 e. The van der Waals surface area contributed by atoms with Crippen molar-refractivity contribution in [3.05, 3.63) is 18.2 Å². The molecule has 116 valence electrons. The van der Waals surface area contributed by atoms with E-state index in [2.05, 4.69) is 24.1 Å². The number of piperidine rings is 1. The molecule has 0 saturated carbocycles. The van der Waals surface area contributed by atoms with Crippen LogP contribution in [0.1, 0.15) is 33.1 Å². The zero-order chi connectivity index (χ0) is 15.4. The lowest BCUT2D eigenvalue weighted by Crippen LogP contribution is -2.49. The zero-order valence-electron chi connectivity index (χ0n) is 13.2. The molecule has 0 spiro atoms. The van der Waals surface area contributed by atoms with Crippen LogP contribution in [0.25, 0.3) is 0 Å². The van der Waals surface area contributed by atoms with Gasteiger partial charge in [0.25, 0.3) is 0 Å². The third kappa shape index (κ3) is 3.59. The molecule has 1 N–H and O–H groups in total. The third-order valence-electron chi connectivity index (χ3n) is 4.06. The van der Waals surface area contributed by atoms with E-state index in [-0.39, 0.29) is 0 Å². The van der Waals surface area contributed by atoms with Crippen LogP contribution in [-0.2, 0) is 0 Å². The molecule has 2 atom stereocenters. The number of likely N-dealkylation sites (tertiary alicyclic amines) is 1. The van der Waals surface area contributed by atoms with Crippen molar-refractivity contribution in [2.24, 2.45) is 0 Å². The minimum atomic E-state index is 0.480. The second-order valence-corrected chi connectivity index (χ2v) is 5.92. The molecule has 1 aliphatic heterocycles. The van der Waals surface area contributed by atoms with Crippen LogP contribution in [0, 0.1) is 0 Å². The van der Waals surface area contributed by atoms with Gasteiger partial charge in [-0.3, -0.25) is 0 Å². The van der Waals surface area contributed by atoms with E-state index in [4.69, 9.17) is 21.7 Å². The number of ether oxygens (including phenoxy) is 2. The van der Waals surface area contributed by atoms with E-state index >= 15 is 0 Å². The van der Waals surface area contributed by atoms with Gasteiger partial charge in [0.15, 0.2) is 16.6 Å². The van der Waals surface area contributed by atoms with Crippen LogP contribution in [0.4, 0.5) is 5.69 Å². The Morgan fingerprint density at radius 3 is 2.33 bits per heavy atom. The van der Waals surface area contributed by atoms with E-state index < -0.39 is 0 Å². The van der Waals surface area contributed by atoms with Gasteiger partial charge in [-0.25, -0.2) is 0 Å². The lowest BCUT2D eigenvalue weighted by Gasteiger charge is -2.40. The summed E-state index contributed by atoms with van der Waals surface area (Å²) in [6.07, 6.45) is 3.66. The second-order valence-electron chi connectivity index (χ2n) is 5.54. The van der Waals surface area contributed by atoms with Crippen LogP contribution < -0.4 is 14.8 Å². The minimum absolute atomic E-state index is 0.480. The molecule has 0 amide bonds. The van der Waals surface area contributed by atoms with Crippen LogP contribution in [-0.4, -0.2) is 36.3 Å². The molecule has 4 nitrogen and oxygen atoms in total. The highest BCUT2D eigenvalue weighted by molar-refractivity contribution is 7.80. The Morgan fingerprint density at radius 1 is 1.14 bits per heavy atom. The van der Waals surface area contributed by atoms with Crippen molar-refractivity contribution in [3.63, 3.8) is 0 Å². The fourth-order valence-corrected chi connectivity index (χ4v) is 3.40. The summed E-state index contributed by atoms with van der Waals surface area (Å²) >= 11 is 5.59. The van der Waals surface area contributed by atoms with Crippen LogP contribution in [0.3, 0.4) is 0 Å². The first kappa shape index (κ1) is 15.9. The van der Waals surface area contributed by atoms with E-state index in [9.17, 15) is 0 Å². The summed E-state index contributed by atoms with van der Waals surface area (Å²) in [6, 6.07) is 6.70. The van der Waals surface area contributed by atoms with E-state index in [0.717, 1.165) is 10.8 Å². The maximum atomic E-state index is 5.59. The molecule has 1 aromatic carbocycles. The Morgan fingerprint density at radius 2 is 1.76 bits per heavy atom. The van der Waals surface area contributed by atoms with Gasteiger partial charge in [-0.2, -0.15) is 0 Å². The number of nitrogens with one attached hydrogen (secondary N) is 1. The van der Waals surface area contributed by atoms with Crippen LogP contribution >= 0.6 is 12.2 Å². The molecule has 0 aliphatic carbocycles. The molecule has 21 heavy (non-hydrogen) atoms. The molecule has 0 radical (unpaired) electrons. The van der Waals surface area contributed by atoms with Gasteiger partial charge in [-0.05, 0) is 57.5 Å². The molecule has 5 heteroatoms. The third-order valence-corrected chi connectivity index (χ3v) is 4.38. The van der Waals surface area contributed by atoms with Crippen molar-refractivity contribution in [3.8, 4) is 11.5 Å². The van der Waals surface area contributed by atoms with Crippen molar-refractivity contribution in [1.82, 2.24) is 4.90 Å². The average molecular weight is 308 g/mol. The molecule has 1 fully saturated rings. The molecule has 0 bridgehead atoms. The Labute approximate surface area is 132 Å². The van der Waals surface area contributed by atoms with E-state index in [1.54, 1.807) is 14.2 Å². The Hall–Kier alpha value is -1.49. The van der Waals surface area contributed by atoms with Gasteiger partial charge in [0.1, 0.15) is 0 Å². The first-order chi connectivity index (χ1) is 10.1. The Balaban J connectivity index is 2.11. The number of thiocarbonyl (C=S) groups is 1. The predicted molar refractivity (Wildman–Crippen MR) is 90.4 cm³/mol. The van der Waals surface area contributed by atoms with Crippen molar-refractivity contribution in [2.45, 2.75) is 45.2 Å². The van der Waals surface area contributed by atoms with Crippen molar-refractivity contribution in [2.75, 3.05) is 19.5 Å². The van der Waals surface area contributed by atoms with Gasteiger partial charge < -0.3 is 19.7 Å². The highest BCUT2D eigenvalue weighted by Gasteiger charge is 2.26. The normalized spacial score (nSPS) is 21.8. The fraction of sp³-hybridized carbons (Fsp3) is 0.562. The highest BCUT2D eigenvalue weighted by Crippen LogP contribution is 2.30.